The fourth-order valence-corrected chi connectivity index (χ4v) is 2.58. The van der Waals surface area contributed by atoms with E-state index >= 15 is 0 Å². The van der Waals surface area contributed by atoms with Crippen LogP contribution >= 0.6 is 22.6 Å². The van der Waals surface area contributed by atoms with Crippen molar-refractivity contribution < 1.29 is 14.0 Å². The van der Waals surface area contributed by atoms with Crippen LogP contribution in [0.2, 0.25) is 18.1 Å². The van der Waals surface area contributed by atoms with Crippen molar-refractivity contribution in [3.05, 3.63) is 9.66 Å². The van der Waals surface area contributed by atoms with E-state index < -0.39 is 8.32 Å². The first-order chi connectivity index (χ1) is 8.49. The van der Waals surface area contributed by atoms with Crippen LogP contribution in [-0.2, 0) is 14.0 Å². The molecule has 0 N–H and O–H groups in total. The highest BCUT2D eigenvalue weighted by Crippen LogP contribution is 2.36. The molecule has 0 aliphatic heterocycles. The molecule has 0 radical (unpaired) electrons. The Hall–Kier alpha value is 0.117. The monoisotopic (exact) mass is 398 g/mol. The lowest BCUT2D eigenvalue weighted by molar-refractivity contribution is -0.147. The Labute approximate surface area is 132 Å². The van der Waals surface area contributed by atoms with Gasteiger partial charge in [-0.05, 0) is 29.1 Å². The number of hydrogen-bond acceptors (Lipinski definition) is 3. The Bertz CT molecular complexity index is 332. The maximum Gasteiger partial charge on any atom is 0.302 e. The van der Waals surface area contributed by atoms with Crippen LogP contribution in [-0.4, -0.2) is 27.0 Å². The van der Waals surface area contributed by atoms with Gasteiger partial charge in [0.2, 0.25) is 0 Å². The third-order valence-corrected chi connectivity index (χ3v) is 9.07. The van der Waals surface area contributed by atoms with Gasteiger partial charge in [0.25, 0.3) is 0 Å². The molecule has 0 amide bonds. The molecule has 3 nitrogen and oxygen atoms in total. The molecule has 1 atom stereocenters. The normalized spacial score (nSPS) is 15.3. The molecule has 0 saturated carbocycles. The highest BCUT2D eigenvalue weighted by Gasteiger charge is 2.37. The Kier molecular flexibility index (Phi) is 7.83. The largest absolute Gasteiger partial charge is 0.460 e. The van der Waals surface area contributed by atoms with Gasteiger partial charge in [-0.15, -0.1) is 0 Å². The van der Waals surface area contributed by atoms with Crippen LogP contribution in [0.1, 0.15) is 41.0 Å². The number of ether oxygens (including phenoxy) is 1. The van der Waals surface area contributed by atoms with Gasteiger partial charge in [-0.3, -0.25) is 4.79 Å². The summed E-state index contributed by atoms with van der Waals surface area (Å²) in [7, 11) is -1.79. The van der Waals surface area contributed by atoms with Gasteiger partial charge in [0, 0.05) is 13.3 Å². The zero-order valence-corrected chi connectivity index (χ0v) is 16.3. The number of hydrogen-bond donors (Lipinski definition) is 0. The molecule has 0 aliphatic carbocycles. The lowest BCUT2D eigenvalue weighted by Crippen LogP contribution is -2.43. The van der Waals surface area contributed by atoms with Gasteiger partial charge < -0.3 is 9.16 Å². The van der Waals surface area contributed by atoms with Crippen molar-refractivity contribution in [3.8, 4) is 0 Å². The summed E-state index contributed by atoms with van der Waals surface area (Å²) in [5.74, 6) is -0.245. The number of esters is 1. The Balaban J connectivity index is 4.62. The van der Waals surface area contributed by atoms with E-state index in [9.17, 15) is 4.79 Å². The molecule has 0 spiro atoms. The molecule has 5 heteroatoms. The molecule has 19 heavy (non-hydrogen) atoms. The van der Waals surface area contributed by atoms with E-state index in [0.29, 0.717) is 6.61 Å². The van der Waals surface area contributed by atoms with Gasteiger partial charge in [0.05, 0.1) is 6.61 Å². The SMILES string of the molecule is CC(=O)OC(CO[Si](C)(C)C(C)(C)C)C/C(C)=C/I. The number of rotatable bonds is 6. The van der Waals surface area contributed by atoms with Crippen LogP contribution in [0.15, 0.2) is 9.66 Å². The summed E-state index contributed by atoms with van der Waals surface area (Å²) in [6, 6.07) is 0. The zero-order valence-electron chi connectivity index (χ0n) is 13.2. The maximum atomic E-state index is 11.2. The van der Waals surface area contributed by atoms with Crippen LogP contribution in [0.3, 0.4) is 0 Å². The quantitative estimate of drug-likeness (QED) is 0.371. The lowest BCUT2D eigenvalue weighted by Gasteiger charge is -2.37. The van der Waals surface area contributed by atoms with Crippen molar-refractivity contribution in [1.29, 1.82) is 0 Å². The second-order valence-electron chi connectivity index (χ2n) is 6.46. The van der Waals surface area contributed by atoms with Crippen molar-refractivity contribution in [2.45, 2.75) is 65.3 Å². The molecule has 112 valence electrons. The minimum atomic E-state index is -1.79. The van der Waals surface area contributed by atoms with Crippen LogP contribution < -0.4 is 0 Å². The fourth-order valence-electron chi connectivity index (χ4n) is 1.29. The summed E-state index contributed by atoms with van der Waals surface area (Å²) in [6.07, 6.45) is 0.551. The average Bonchev–Trinajstić information content (AvgIpc) is 2.23. The maximum absolute atomic E-state index is 11.2. The van der Waals surface area contributed by atoms with E-state index in [1.807, 2.05) is 11.0 Å². The minimum Gasteiger partial charge on any atom is -0.460 e. The van der Waals surface area contributed by atoms with E-state index in [4.69, 9.17) is 9.16 Å². The highest BCUT2D eigenvalue weighted by molar-refractivity contribution is 14.1. The molecule has 0 fully saturated rings. The molecule has 0 saturated heterocycles. The Morgan fingerprint density at radius 2 is 1.84 bits per heavy atom. The van der Waals surface area contributed by atoms with E-state index in [-0.39, 0.29) is 17.1 Å². The first-order valence-electron chi connectivity index (χ1n) is 6.56. The molecular weight excluding hydrogens is 371 g/mol. The fraction of sp³-hybridized carbons (Fsp3) is 0.786. The van der Waals surface area contributed by atoms with Crippen molar-refractivity contribution in [2.75, 3.05) is 6.61 Å². The van der Waals surface area contributed by atoms with E-state index in [0.717, 1.165) is 6.42 Å². The van der Waals surface area contributed by atoms with Crippen LogP contribution in [0.5, 0.6) is 0 Å². The topological polar surface area (TPSA) is 35.5 Å². The van der Waals surface area contributed by atoms with Gasteiger partial charge in [0.1, 0.15) is 6.10 Å². The van der Waals surface area contributed by atoms with Crippen LogP contribution in [0.4, 0.5) is 0 Å². The van der Waals surface area contributed by atoms with Gasteiger partial charge in [-0.2, -0.15) is 0 Å². The van der Waals surface area contributed by atoms with Crippen molar-refractivity contribution in [1.82, 2.24) is 0 Å². The molecule has 0 bridgehead atoms. The summed E-state index contributed by atoms with van der Waals surface area (Å²) >= 11 is 2.20. The zero-order chi connectivity index (χ0) is 15.3. The molecule has 0 aromatic heterocycles. The van der Waals surface area contributed by atoms with Crippen molar-refractivity contribution in [2.24, 2.45) is 0 Å². The first kappa shape index (κ1) is 19.1. The Morgan fingerprint density at radius 3 is 2.21 bits per heavy atom. The van der Waals surface area contributed by atoms with Crippen molar-refractivity contribution >= 4 is 36.9 Å². The predicted molar refractivity (Wildman–Crippen MR) is 91.1 cm³/mol. The number of carbonyl (C=O) groups excluding carboxylic acids is 1. The minimum absolute atomic E-state index is 0.169. The number of carbonyl (C=O) groups is 1. The average molecular weight is 398 g/mol. The molecular formula is C14H27IO3Si. The second-order valence-corrected chi connectivity index (χ2v) is 11.9. The van der Waals surface area contributed by atoms with Gasteiger partial charge in [-0.25, -0.2) is 0 Å². The number of halogens is 1. The standard InChI is InChI=1S/C14H27IO3Si/c1-11(9-15)8-13(18-12(2)16)10-17-19(6,7)14(3,4)5/h9,13H,8,10H2,1-7H3/b11-9+. The third-order valence-electron chi connectivity index (χ3n) is 3.50. The highest BCUT2D eigenvalue weighted by atomic mass is 127. The molecule has 1 unspecified atom stereocenters. The van der Waals surface area contributed by atoms with Crippen LogP contribution in [0.25, 0.3) is 0 Å². The summed E-state index contributed by atoms with van der Waals surface area (Å²) < 4.78 is 13.5. The molecule has 0 heterocycles. The van der Waals surface area contributed by atoms with Gasteiger partial charge in [0.15, 0.2) is 8.32 Å². The molecule has 0 aromatic carbocycles. The van der Waals surface area contributed by atoms with E-state index in [2.05, 4.69) is 56.5 Å². The second kappa shape index (κ2) is 7.78. The smallest absolute Gasteiger partial charge is 0.302 e. The lowest BCUT2D eigenvalue weighted by atomic mass is 10.1. The summed E-state index contributed by atoms with van der Waals surface area (Å²) in [5.41, 5.74) is 1.20. The molecule has 0 rings (SSSR count). The molecule has 0 aromatic rings. The van der Waals surface area contributed by atoms with Crippen LogP contribution in [0, 0.1) is 0 Å². The van der Waals surface area contributed by atoms with Gasteiger partial charge in [-0.1, -0.05) is 48.9 Å². The third kappa shape index (κ3) is 7.46. The first-order valence-corrected chi connectivity index (χ1v) is 10.7. The van der Waals surface area contributed by atoms with Crippen molar-refractivity contribution in [3.63, 3.8) is 0 Å². The van der Waals surface area contributed by atoms with E-state index in [1.54, 1.807) is 0 Å². The Morgan fingerprint density at radius 1 is 1.32 bits per heavy atom. The van der Waals surface area contributed by atoms with Gasteiger partial charge >= 0.3 is 5.97 Å². The summed E-state index contributed by atoms with van der Waals surface area (Å²) in [6.45, 7) is 15.0. The summed E-state index contributed by atoms with van der Waals surface area (Å²) in [5, 5.41) is 0.169. The summed E-state index contributed by atoms with van der Waals surface area (Å²) in [4.78, 5) is 11.2. The van der Waals surface area contributed by atoms with E-state index in [1.165, 1.54) is 12.5 Å². The predicted octanol–water partition coefficient (Wildman–Crippen LogP) is 4.67. The molecule has 0 aliphatic rings.